The van der Waals surface area contributed by atoms with Gasteiger partial charge in [-0.25, -0.2) is 0 Å². The summed E-state index contributed by atoms with van der Waals surface area (Å²) < 4.78 is 0. The zero-order valence-corrected chi connectivity index (χ0v) is 17.1. The normalized spacial score (nSPS) is 14.1. The summed E-state index contributed by atoms with van der Waals surface area (Å²) in [5.41, 5.74) is 4.26. The number of amides is 2. The van der Waals surface area contributed by atoms with Crippen molar-refractivity contribution in [1.82, 2.24) is 9.88 Å². The third kappa shape index (κ3) is 3.87. The molecule has 0 spiro atoms. The SMILES string of the molecule is Cc1ccc(C2=C(Sc3ccccc3)C(=O)N(Cc3ccncc3)C2=O)c(C)c1. The topological polar surface area (TPSA) is 50.3 Å². The molecule has 3 aromatic rings. The van der Waals surface area contributed by atoms with Gasteiger partial charge in [-0.05, 0) is 54.8 Å². The highest BCUT2D eigenvalue weighted by Crippen LogP contribution is 2.41. The number of benzene rings is 2. The molecular formula is C24H20N2O2S. The molecule has 5 heteroatoms. The van der Waals surface area contributed by atoms with E-state index in [-0.39, 0.29) is 18.4 Å². The number of pyridine rings is 1. The summed E-state index contributed by atoms with van der Waals surface area (Å²) in [5, 5.41) is 0. The van der Waals surface area contributed by atoms with E-state index in [4.69, 9.17) is 0 Å². The molecule has 0 saturated carbocycles. The van der Waals surface area contributed by atoms with Gasteiger partial charge in [-0.2, -0.15) is 0 Å². The number of thioether (sulfide) groups is 1. The summed E-state index contributed by atoms with van der Waals surface area (Å²) in [7, 11) is 0. The van der Waals surface area contributed by atoms with Crippen molar-refractivity contribution in [2.24, 2.45) is 0 Å². The summed E-state index contributed by atoms with van der Waals surface area (Å²) in [5.74, 6) is -0.507. The van der Waals surface area contributed by atoms with Gasteiger partial charge in [0.25, 0.3) is 11.8 Å². The number of hydrogen-bond donors (Lipinski definition) is 0. The minimum absolute atomic E-state index is 0.230. The highest BCUT2D eigenvalue weighted by atomic mass is 32.2. The predicted molar refractivity (Wildman–Crippen MR) is 115 cm³/mol. The van der Waals surface area contributed by atoms with Crippen molar-refractivity contribution in [2.75, 3.05) is 0 Å². The van der Waals surface area contributed by atoms with Gasteiger partial charge in [-0.1, -0.05) is 53.7 Å². The largest absolute Gasteiger partial charge is 0.269 e. The van der Waals surface area contributed by atoms with Gasteiger partial charge >= 0.3 is 0 Å². The van der Waals surface area contributed by atoms with Crippen molar-refractivity contribution in [3.05, 3.63) is 100 Å². The van der Waals surface area contributed by atoms with E-state index in [9.17, 15) is 9.59 Å². The first-order valence-corrected chi connectivity index (χ1v) is 10.2. The molecule has 2 heterocycles. The number of carbonyl (C=O) groups excluding carboxylic acids is 2. The molecule has 0 fully saturated rings. The molecule has 144 valence electrons. The molecular weight excluding hydrogens is 380 g/mol. The van der Waals surface area contributed by atoms with Crippen molar-refractivity contribution in [3.8, 4) is 0 Å². The van der Waals surface area contributed by atoms with E-state index in [2.05, 4.69) is 4.98 Å². The molecule has 2 aromatic carbocycles. The number of hydrogen-bond acceptors (Lipinski definition) is 4. The Balaban J connectivity index is 1.78. The number of nitrogens with zero attached hydrogens (tertiary/aromatic N) is 2. The van der Waals surface area contributed by atoms with Crippen LogP contribution in [0.1, 0.15) is 22.3 Å². The van der Waals surface area contributed by atoms with E-state index in [1.807, 2.05) is 74.5 Å². The lowest BCUT2D eigenvalue weighted by Gasteiger charge is -2.15. The molecule has 0 bridgehead atoms. The van der Waals surface area contributed by atoms with Crippen molar-refractivity contribution in [2.45, 2.75) is 25.3 Å². The number of carbonyl (C=O) groups is 2. The lowest BCUT2D eigenvalue weighted by molar-refractivity contribution is -0.137. The maximum absolute atomic E-state index is 13.4. The van der Waals surface area contributed by atoms with Crippen LogP contribution in [0.5, 0.6) is 0 Å². The first kappa shape index (κ1) is 19.2. The van der Waals surface area contributed by atoms with Gasteiger partial charge in [0.15, 0.2) is 0 Å². The Morgan fingerprint density at radius 2 is 1.62 bits per heavy atom. The molecule has 1 aliphatic rings. The first-order chi connectivity index (χ1) is 14.0. The summed E-state index contributed by atoms with van der Waals surface area (Å²) in [6.45, 7) is 4.22. The van der Waals surface area contributed by atoms with E-state index in [1.54, 1.807) is 12.4 Å². The summed E-state index contributed by atoms with van der Waals surface area (Å²) in [6, 6.07) is 19.3. The smallest absolute Gasteiger partial charge is 0.268 e. The second-order valence-corrected chi connectivity index (χ2v) is 8.07. The molecule has 1 aromatic heterocycles. The van der Waals surface area contributed by atoms with Crippen molar-refractivity contribution in [3.63, 3.8) is 0 Å². The van der Waals surface area contributed by atoms with Crippen molar-refractivity contribution >= 4 is 29.1 Å². The molecule has 0 N–H and O–H groups in total. The molecule has 0 atom stereocenters. The van der Waals surface area contributed by atoms with E-state index in [0.29, 0.717) is 10.5 Å². The van der Waals surface area contributed by atoms with Crippen LogP contribution in [0.2, 0.25) is 0 Å². The van der Waals surface area contributed by atoms with Crippen molar-refractivity contribution in [1.29, 1.82) is 0 Å². The maximum Gasteiger partial charge on any atom is 0.268 e. The Bertz CT molecular complexity index is 1110. The fraction of sp³-hybridized carbons (Fsp3) is 0.125. The highest BCUT2D eigenvalue weighted by Gasteiger charge is 2.39. The zero-order valence-electron chi connectivity index (χ0n) is 16.3. The van der Waals surface area contributed by atoms with E-state index < -0.39 is 0 Å². The quantitative estimate of drug-likeness (QED) is 0.579. The molecule has 0 saturated heterocycles. The Morgan fingerprint density at radius 1 is 0.897 bits per heavy atom. The second kappa shape index (κ2) is 8.05. The maximum atomic E-state index is 13.4. The van der Waals surface area contributed by atoms with Gasteiger partial charge in [0, 0.05) is 17.3 Å². The minimum Gasteiger partial charge on any atom is -0.269 e. The number of rotatable bonds is 5. The van der Waals surface area contributed by atoms with Gasteiger partial charge in [0.2, 0.25) is 0 Å². The van der Waals surface area contributed by atoms with E-state index >= 15 is 0 Å². The minimum atomic E-state index is -0.254. The Hall–Kier alpha value is -3.18. The molecule has 2 amide bonds. The Morgan fingerprint density at radius 3 is 2.31 bits per heavy atom. The number of aryl methyl sites for hydroxylation is 2. The average Bonchev–Trinajstić information content (AvgIpc) is 2.94. The van der Waals surface area contributed by atoms with Crippen LogP contribution in [0.15, 0.2) is 82.9 Å². The number of aromatic nitrogens is 1. The lowest BCUT2D eigenvalue weighted by atomic mass is 9.99. The van der Waals surface area contributed by atoms with Crippen LogP contribution in [0.3, 0.4) is 0 Å². The Labute approximate surface area is 174 Å². The van der Waals surface area contributed by atoms with Crippen LogP contribution in [-0.4, -0.2) is 21.7 Å². The van der Waals surface area contributed by atoms with Gasteiger partial charge in [-0.15, -0.1) is 0 Å². The monoisotopic (exact) mass is 400 g/mol. The number of imide groups is 1. The van der Waals surface area contributed by atoms with Crippen LogP contribution in [0, 0.1) is 13.8 Å². The second-order valence-electron chi connectivity index (χ2n) is 6.99. The molecule has 4 rings (SSSR count). The zero-order chi connectivity index (χ0) is 20.4. The Kier molecular flexibility index (Phi) is 5.32. The van der Waals surface area contributed by atoms with Crippen LogP contribution in [0.4, 0.5) is 0 Å². The first-order valence-electron chi connectivity index (χ1n) is 9.34. The third-order valence-electron chi connectivity index (χ3n) is 4.83. The van der Waals surface area contributed by atoms with Crippen LogP contribution >= 0.6 is 11.8 Å². The third-order valence-corrected chi connectivity index (χ3v) is 5.92. The molecule has 4 nitrogen and oxygen atoms in total. The highest BCUT2D eigenvalue weighted by molar-refractivity contribution is 8.04. The standard InChI is InChI=1S/C24H20N2O2S/c1-16-8-9-20(17(2)14-16)21-22(29-19-6-4-3-5-7-19)24(28)26(23(21)27)15-18-10-12-25-13-11-18/h3-14H,15H2,1-2H3. The fourth-order valence-corrected chi connectivity index (χ4v) is 4.43. The van der Waals surface area contributed by atoms with Crippen molar-refractivity contribution < 1.29 is 9.59 Å². The molecule has 0 aliphatic carbocycles. The van der Waals surface area contributed by atoms with Gasteiger partial charge in [0.05, 0.1) is 17.0 Å². The van der Waals surface area contributed by atoms with Gasteiger partial charge in [0.1, 0.15) is 0 Å². The molecule has 0 radical (unpaired) electrons. The summed E-state index contributed by atoms with van der Waals surface area (Å²) >= 11 is 1.35. The predicted octanol–water partition coefficient (Wildman–Crippen LogP) is 4.77. The van der Waals surface area contributed by atoms with Crippen LogP contribution in [-0.2, 0) is 16.1 Å². The molecule has 0 unspecified atom stereocenters. The van der Waals surface area contributed by atoms with Crippen LogP contribution in [0.25, 0.3) is 5.57 Å². The van der Waals surface area contributed by atoms with E-state index in [0.717, 1.165) is 27.1 Å². The average molecular weight is 401 g/mol. The fourth-order valence-electron chi connectivity index (χ4n) is 3.40. The van der Waals surface area contributed by atoms with Gasteiger partial charge < -0.3 is 0 Å². The molecule has 1 aliphatic heterocycles. The molecule has 29 heavy (non-hydrogen) atoms. The summed E-state index contributed by atoms with van der Waals surface area (Å²) in [6.07, 6.45) is 3.33. The summed E-state index contributed by atoms with van der Waals surface area (Å²) in [4.78, 5) is 33.4. The lowest BCUT2D eigenvalue weighted by Crippen LogP contribution is -2.31. The van der Waals surface area contributed by atoms with Crippen LogP contribution < -0.4 is 0 Å². The van der Waals surface area contributed by atoms with E-state index in [1.165, 1.54) is 16.7 Å². The van der Waals surface area contributed by atoms with Gasteiger partial charge in [-0.3, -0.25) is 19.5 Å².